The van der Waals surface area contributed by atoms with Crippen molar-refractivity contribution in [3.63, 3.8) is 0 Å². The van der Waals surface area contributed by atoms with Crippen LogP contribution in [0.25, 0.3) is 5.57 Å². The van der Waals surface area contributed by atoms with Crippen LogP contribution in [0.15, 0.2) is 54.6 Å². The summed E-state index contributed by atoms with van der Waals surface area (Å²) in [6.45, 7) is 4.03. The van der Waals surface area contributed by atoms with Gasteiger partial charge in [-0.1, -0.05) is 42.5 Å². The Balaban J connectivity index is 2.09. The van der Waals surface area contributed by atoms with Crippen LogP contribution >= 0.6 is 0 Å². The molecule has 138 valence electrons. The first-order valence-corrected chi connectivity index (χ1v) is 9.68. The van der Waals surface area contributed by atoms with Crippen molar-refractivity contribution in [2.24, 2.45) is 5.73 Å². The number of hydrogen-bond donors (Lipinski definition) is 2. The van der Waals surface area contributed by atoms with E-state index in [0.29, 0.717) is 18.7 Å². The summed E-state index contributed by atoms with van der Waals surface area (Å²) in [5.74, 6) is -0.327. The first-order valence-electron chi connectivity index (χ1n) is 8.50. The van der Waals surface area contributed by atoms with Gasteiger partial charge in [0, 0.05) is 18.7 Å². The van der Waals surface area contributed by atoms with E-state index in [-0.39, 0.29) is 11.9 Å². The quantitative estimate of drug-likeness (QED) is 0.790. The molecule has 3 rings (SSSR count). The fourth-order valence-electron chi connectivity index (χ4n) is 3.30. The van der Waals surface area contributed by atoms with Crippen molar-refractivity contribution in [1.82, 2.24) is 4.90 Å². The normalized spacial score (nSPS) is 18.3. The summed E-state index contributed by atoms with van der Waals surface area (Å²) in [5, 5.41) is 0. The molecule has 1 unspecified atom stereocenters. The Hall–Kier alpha value is -2.02. The maximum absolute atomic E-state index is 14.4. The molecule has 0 aliphatic carbocycles. The van der Waals surface area contributed by atoms with Gasteiger partial charge < -0.3 is 5.73 Å². The molecule has 26 heavy (non-hydrogen) atoms. The molecule has 1 aliphatic heterocycles. The highest BCUT2D eigenvalue weighted by Gasteiger charge is 2.39. The molecule has 0 aromatic heterocycles. The Morgan fingerprint density at radius 2 is 1.88 bits per heavy atom. The second-order valence-electron chi connectivity index (χ2n) is 6.95. The average Bonchev–Trinajstić information content (AvgIpc) is 3.08. The lowest BCUT2D eigenvalue weighted by atomic mass is 10.0. The van der Waals surface area contributed by atoms with E-state index in [0.717, 1.165) is 16.7 Å². The van der Waals surface area contributed by atoms with Gasteiger partial charge in [-0.25, -0.2) is 12.8 Å². The molecule has 2 N–H and O–H groups in total. The largest absolute Gasteiger partial charge is 0.326 e. The van der Waals surface area contributed by atoms with Gasteiger partial charge in [-0.05, 0) is 42.7 Å². The summed E-state index contributed by atoms with van der Waals surface area (Å²) in [4.78, 5) is 0.827. The Morgan fingerprint density at radius 1 is 1.19 bits per heavy atom. The number of rotatable bonds is 5. The lowest BCUT2D eigenvalue weighted by Gasteiger charge is -2.35. The molecule has 0 saturated heterocycles. The average molecular weight is 374 g/mol. The number of nitrogens with zero attached hydrogens (tertiary/aromatic N) is 1. The van der Waals surface area contributed by atoms with Crippen molar-refractivity contribution >= 4 is 16.3 Å². The van der Waals surface area contributed by atoms with Gasteiger partial charge in [-0.3, -0.25) is 4.90 Å². The molecule has 0 fully saturated rings. The molecule has 6 heteroatoms. The van der Waals surface area contributed by atoms with Crippen molar-refractivity contribution in [3.05, 3.63) is 77.1 Å². The third-order valence-corrected chi connectivity index (χ3v) is 6.09. The monoisotopic (exact) mass is 374 g/mol. The summed E-state index contributed by atoms with van der Waals surface area (Å²) in [6, 6.07) is 14.2. The standard InChI is InChI=1S/C20H23FN2O2S/c1-20(2,26(24)25)23-13-16(11-19(23)15-6-4-3-5-7-15)17-10-14(12-22)8-9-18(17)21/h3-11,19,26H,12-13,22H2,1-2H3. The van der Waals surface area contributed by atoms with E-state index in [2.05, 4.69) is 0 Å². The van der Waals surface area contributed by atoms with Crippen molar-refractivity contribution in [2.45, 2.75) is 31.3 Å². The Labute approximate surface area is 155 Å². The lowest BCUT2D eigenvalue weighted by Crippen LogP contribution is -2.45. The molecular formula is C20H23FN2O2S. The van der Waals surface area contributed by atoms with E-state index < -0.39 is 15.6 Å². The lowest BCUT2D eigenvalue weighted by molar-refractivity contribution is 0.188. The van der Waals surface area contributed by atoms with Gasteiger partial charge in [-0.15, -0.1) is 0 Å². The number of nitrogens with two attached hydrogens (primary N) is 1. The summed E-state index contributed by atoms with van der Waals surface area (Å²) in [6.07, 6.45) is 1.95. The minimum absolute atomic E-state index is 0.241. The van der Waals surface area contributed by atoms with Gasteiger partial charge in [0.1, 0.15) is 10.7 Å². The minimum atomic E-state index is -2.70. The van der Waals surface area contributed by atoms with Crippen LogP contribution in [0.2, 0.25) is 0 Å². The van der Waals surface area contributed by atoms with Crippen molar-refractivity contribution in [2.75, 3.05) is 6.54 Å². The van der Waals surface area contributed by atoms with E-state index in [1.54, 1.807) is 26.0 Å². The predicted octanol–water partition coefficient (Wildman–Crippen LogP) is 3.07. The van der Waals surface area contributed by atoms with Crippen LogP contribution < -0.4 is 5.73 Å². The van der Waals surface area contributed by atoms with Crippen LogP contribution in [-0.2, 0) is 17.2 Å². The van der Waals surface area contributed by atoms with Gasteiger partial charge in [0.2, 0.25) is 0 Å². The summed E-state index contributed by atoms with van der Waals surface area (Å²) in [7, 11) is -2.70. The third kappa shape index (κ3) is 3.45. The van der Waals surface area contributed by atoms with Crippen molar-refractivity contribution in [1.29, 1.82) is 0 Å². The molecule has 0 amide bonds. The molecule has 1 aliphatic rings. The topological polar surface area (TPSA) is 63.4 Å². The SMILES string of the molecule is CC(C)(N1CC(c2cc(CN)ccc2F)=CC1c1ccccc1)[SH](=O)=O. The van der Waals surface area contributed by atoms with Crippen LogP contribution in [0, 0.1) is 5.82 Å². The first kappa shape index (κ1) is 18.8. The van der Waals surface area contributed by atoms with Crippen LogP contribution in [0.1, 0.15) is 36.6 Å². The molecule has 1 atom stereocenters. The van der Waals surface area contributed by atoms with E-state index >= 15 is 0 Å². The van der Waals surface area contributed by atoms with E-state index in [1.165, 1.54) is 6.07 Å². The molecule has 1 heterocycles. The number of thiol groups is 1. The molecule has 4 nitrogen and oxygen atoms in total. The predicted molar refractivity (Wildman–Crippen MR) is 103 cm³/mol. The van der Waals surface area contributed by atoms with Gasteiger partial charge in [0.15, 0.2) is 10.7 Å². The highest BCUT2D eigenvalue weighted by atomic mass is 32.2. The zero-order chi connectivity index (χ0) is 18.9. The summed E-state index contributed by atoms with van der Waals surface area (Å²) < 4.78 is 38.2. The van der Waals surface area contributed by atoms with Gasteiger partial charge in [-0.2, -0.15) is 0 Å². The molecule has 0 spiro atoms. The molecule has 0 saturated carbocycles. The smallest absolute Gasteiger partial charge is 0.158 e. The second-order valence-corrected chi connectivity index (χ2v) is 8.55. The number of benzene rings is 2. The maximum Gasteiger partial charge on any atom is 0.158 e. The van der Waals surface area contributed by atoms with E-state index in [4.69, 9.17) is 5.73 Å². The molecular weight excluding hydrogens is 351 g/mol. The Kier molecular flexibility index (Phi) is 5.27. The van der Waals surface area contributed by atoms with Gasteiger partial charge >= 0.3 is 0 Å². The molecule has 0 radical (unpaired) electrons. The summed E-state index contributed by atoms with van der Waals surface area (Å²) in [5.41, 5.74) is 8.76. The van der Waals surface area contributed by atoms with Gasteiger partial charge in [0.05, 0.1) is 6.04 Å². The molecule has 0 bridgehead atoms. The van der Waals surface area contributed by atoms with Gasteiger partial charge in [0.25, 0.3) is 0 Å². The van der Waals surface area contributed by atoms with Crippen molar-refractivity contribution < 1.29 is 12.8 Å². The number of halogens is 1. The van der Waals surface area contributed by atoms with Crippen LogP contribution in [-0.4, -0.2) is 24.7 Å². The zero-order valence-corrected chi connectivity index (χ0v) is 15.7. The highest BCUT2D eigenvalue weighted by Crippen LogP contribution is 2.40. The second kappa shape index (κ2) is 7.31. The highest BCUT2D eigenvalue weighted by molar-refractivity contribution is 7.73. The Morgan fingerprint density at radius 3 is 2.50 bits per heavy atom. The minimum Gasteiger partial charge on any atom is -0.326 e. The fourth-order valence-corrected chi connectivity index (χ4v) is 3.71. The number of hydrogen-bond acceptors (Lipinski definition) is 4. The Bertz CT molecular complexity index is 899. The maximum atomic E-state index is 14.4. The molecule has 2 aromatic carbocycles. The molecule has 2 aromatic rings. The fraction of sp³-hybridized carbons (Fsp3) is 0.300. The van der Waals surface area contributed by atoms with Crippen molar-refractivity contribution in [3.8, 4) is 0 Å². The van der Waals surface area contributed by atoms with E-state index in [1.807, 2.05) is 41.3 Å². The summed E-state index contributed by atoms with van der Waals surface area (Å²) >= 11 is 0. The van der Waals surface area contributed by atoms with Crippen LogP contribution in [0.5, 0.6) is 0 Å². The first-order chi connectivity index (χ1) is 12.3. The third-order valence-electron chi connectivity index (χ3n) is 4.94. The van der Waals surface area contributed by atoms with E-state index in [9.17, 15) is 12.8 Å². The van der Waals surface area contributed by atoms with Crippen LogP contribution in [0.4, 0.5) is 4.39 Å². The zero-order valence-electron chi connectivity index (χ0n) is 14.9. The van der Waals surface area contributed by atoms with Crippen LogP contribution in [0.3, 0.4) is 0 Å².